The van der Waals surface area contributed by atoms with Crippen molar-refractivity contribution < 1.29 is 9.59 Å². The highest BCUT2D eigenvalue weighted by Crippen LogP contribution is 2.25. The van der Waals surface area contributed by atoms with Crippen LogP contribution in [0.15, 0.2) is 0 Å². The third-order valence-electron chi connectivity index (χ3n) is 3.05. The SMILES string of the molecule is CCCC(C(=O)CC)C(CC)C(=O)CC. The van der Waals surface area contributed by atoms with E-state index in [2.05, 4.69) is 6.92 Å². The second-order valence-electron chi connectivity index (χ2n) is 4.05. The van der Waals surface area contributed by atoms with E-state index in [0.29, 0.717) is 12.8 Å². The van der Waals surface area contributed by atoms with Gasteiger partial charge < -0.3 is 0 Å². The summed E-state index contributed by atoms with van der Waals surface area (Å²) in [6.45, 7) is 7.83. The molecular formula is C13H24O2. The second kappa shape index (κ2) is 7.61. The number of rotatable bonds is 8. The minimum Gasteiger partial charge on any atom is -0.299 e. The van der Waals surface area contributed by atoms with E-state index in [1.807, 2.05) is 20.8 Å². The Morgan fingerprint density at radius 1 is 0.867 bits per heavy atom. The third kappa shape index (κ3) is 4.15. The standard InChI is InChI=1S/C13H24O2/c1-5-9-11(13(15)8-4)10(6-2)12(14)7-3/h10-11H,5-9H2,1-4H3. The summed E-state index contributed by atoms with van der Waals surface area (Å²) >= 11 is 0. The smallest absolute Gasteiger partial charge is 0.136 e. The average Bonchev–Trinajstić information content (AvgIpc) is 2.27. The van der Waals surface area contributed by atoms with Gasteiger partial charge in [0.2, 0.25) is 0 Å². The molecule has 2 atom stereocenters. The fraction of sp³-hybridized carbons (Fsp3) is 0.846. The van der Waals surface area contributed by atoms with Gasteiger partial charge in [-0.1, -0.05) is 34.1 Å². The van der Waals surface area contributed by atoms with Crippen molar-refractivity contribution in [3.63, 3.8) is 0 Å². The first-order chi connectivity index (χ1) is 7.12. The first-order valence-corrected chi connectivity index (χ1v) is 6.17. The summed E-state index contributed by atoms with van der Waals surface area (Å²) in [5.74, 6) is 0.433. The van der Waals surface area contributed by atoms with Crippen molar-refractivity contribution >= 4 is 11.6 Å². The fourth-order valence-corrected chi connectivity index (χ4v) is 2.16. The van der Waals surface area contributed by atoms with Gasteiger partial charge in [0.15, 0.2) is 0 Å². The lowest BCUT2D eigenvalue weighted by atomic mass is 9.79. The second-order valence-corrected chi connectivity index (χ2v) is 4.05. The first-order valence-electron chi connectivity index (χ1n) is 6.17. The minimum absolute atomic E-state index is 0.0301. The van der Waals surface area contributed by atoms with E-state index in [1.54, 1.807) is 0 Å². The summed E-state index contributed by atoms with van der Waals surface area (Å²) in [5, 5.41) is 0. The molecule has 0 aromatic heterocycles. The van der Waals surface area contributed by atoms with E-state index in [4.69, 9.17) is 0 Å². The number of carbonyl (C=O) groups is 2. The van der Waals surface area contributed by atoms with Crippen molar-refractivity contribution in [3.8, 4) is 0 Å². The van der Waals surface area contributed by atoms with Gasteiger partial charge in [-0.15, -0.1) is 0 Å². The molecule has 0 radical (unpaired) electrons. The number of hydrogen-bond acceptors (Lipinski definition) is 2. The van der Waals surface area contributed by atoms with Crippen LogP contribution in [0.4, 0.5) is 0 Å². The zero-order valence-corrected chi connectivity index (χ0v) is 10.5. The Balaban J connectivity index is 4.68. The Kier molecular flexibility index (Phi) is 7.27. The number of Topliss-reactive ketones (excluding diaryl/α,β-unsaturated/α-hetero) is 2. The zero-order chi connectivity index (χ0) is 11.8. The van der Waals surface area contributed by atoms with Crippen LogP contribution in [0.25, 0.3) is 0 Å². The first kappa shape index (κ1) is 14.3. The molecule has 0 saturated carbocycles. The molecule has 0 heterocycles. The van der Waals surface area contributed by atoms with Crippen LogP contribution in [0.5, 0.6) is 0 Å². The van der Waals surface area contributed by atoms with Crippen molar-refractivity contribution in [1.29, 1.82) is 0 Å². The van der Waals surface area contributed by atoms with Crippen LogP contribution < -0.4 is 0 Å². The van der Waals surface area contributed by atoms with Crippen molar-refractivity contribution in [2.75, 3.05) is 0 Å². The van der Waals surface area contributed by atoms with Crippen molar-refractivity contribution in [3.05, 3.63) is 0 Å². The molecule has 0 bridgehead atoms. The van der Waals surface area contributed by atoms with Crippen LogP contribution in [0, 0.1) is 11.8 Å². The average molecular weight is 212 g/mol. The zero-order valence-electron chi connectivity index (χ0n) is 10.5. The quantitative estimate of drug-likeness (QED) is 0.618. The Bertz CT molecular complexity index is 209. The molecule has 0 aromatic carbocycles. The van der Waals surface area contributed by atoms with Gasteiger partial charge in [0.05, 0.1) is 0 Å². The lowest BCUT2D eigenvalue weighted by Crippen LogP contribution is -2.29. The van der Waals surface area contributed by atoms with Gasteiger partial charge in [-0.05, 0) is 12.8 Å². The van der Waals surface area contributed by atoms with Crippen molar-refractivity contribution in [1.82, 2.24) is 0 Å². The topological polar surface area (TPSA) is 34.1 Å². The molecule has 0 N–H and O–H groups in total. The molecule has 2 heteroatoms. The summed E-state index contributed by atoms with van der Waals surface area (Å²) in [4.78, 5) is 23.5. The maximum atomic E-state index is 11.8. The largest absolute Gasteiger partial charge is 0.299 e. The Hall–Kier alpha value is -0.660. The predicted molar refractivity (Wildman–Crippen MR) is 62.8 cm³/mol. The highest BCUT2D eigenvalue weighted by Gasteiger charge is 2.29. The van der Waals surface area contributed by atoms with Crippen LogP contribution in [0.3, 0.4) is 0 Å². The summed E-state index contributed by atoms with van der Waals surface area (Å²) in [7, 11) is 0. The van der Waals surface area contributed by atoms with Crippen LogP contribution >= 0.6 is 0 Å². The normalized spacial score (nSPS) is 14.7. The Labute approximate surface area is 93.4 Å². The molecule has 0 amide bonds. The third-order valence-corrected chi connectivity index (χ3v) is 3.05. The number of ketones is 2. The molecule has 2 unspecified atom stereocenters. The highest BCUT2D eigenvalue weighted by atomic mass is 16.1. The monoisotopic (exact) mass is 212 g/mol. The van der Waals surface area contributed by atoms with Gasteiger partial charge in [-0.3, -0.25) is 9.59 Å². The molecule has 0 aromatic rings. The molecule has 2 nitrogen and oxygen atoms in total. The van der Waals surface area contributed by atoms with E-state index in [9.17, 15) is 9.59 Å². The van der Waals surface area contributed by atoms with Crippen molar-refractivity contribution in [2.24, 2.45) is 11.8 Å². The lowest BCUT2D eigenvalue weighted by Gasteiger charge is -2.23. The summed E-state index contributed by atoms with van der Waals surface area (Å²) in [5.41, 5.74) is 0. The minimum atomic E-state index is -0.0394. The molecule has 0 saturated heterocycles. The Morgan fingerprint density at radius 2 is 1.33 bits per heavy atom. The van der Waals surface area contributed by atoms with E-state index < -0.39 is 0 Å². The van der Waals surface area contributed by atoms with Gasteiger partial charge in [0, 0.05) is 24.7 Å². The molecule has 15 heavy (non-hydrogen) atoms. The fourth-order valence-electron chi connectivity index (χ4n) is 2.16. The number of carbonyl (C=O) groups excluding carboxylic acids is 2. The van der Waals surface area contributed by atoms with Gasteiger partial charge in [-0.25, -0.2) is 0 Å². The van der Waals surface area contributed by atoms with E-state index in [1.165, 1.54) is 0 Å². The van der Waals surface area contributed by atoms with Crippen LogP contribution in [0.2, 0.25) is 0 Å². The highest BCUT2D eigenvalue weighted by molar-refractivity contribution is 5.89. The summed E-state index contributed by atoms with van der Waals surface area (Å²) in [6.07, 6.45) is 3.73. The maximum Gasteiger partial charge on any atom is 0.136 e. The van der Waals surface area contributed by atoms with Crippen LogP contribution in [-0.2, 0) is 9.59 Å². The van der Waals surface area contributed by atoms with Crippen LogP contribution in [-0.4, -0.2) is 11.6 Å². The van der Waals surface area contributed by atoms with Gasteiger partial charge in [-0.2, -0.15) is 0 Å². The predicted octanol–water partition coefficient (Wildman–Crippen LogP) is 3.39. The van der Waals surface area contributed by atoms with Gasteiger partial charge >= 0.3 is 0 Å². The number of hydrogen-bond donors (Lipinski definition) is 0. The van der Waals surface area contributed by atoms with Gasteiger partial charge in [0.1, 0.15) is 11.6 Å². The molecule has 0 aliphatic rings. The maximum absolute atomic E-state index is 11.8. The van der Waals surface area contributed by atoms with Crippen LogP contribution in [0.1, 0.15) is 59.8 Å². The van der Waals surface area contributed by atoms with Gasteiger partial charge in [0.25, 0.3) is 0 Å². The lowest BCUT2D eigenvalue weighted by molar-refractivity contribution is -0.132. The molecule has 0 aliphatic carbocycles. The Morgan fingerprint density at radius 3 is 1.67 bits per heavy atom. The molecule has 0 fully saturated rings. The molecule has 88 valence electrons. The molecule has 0 aliphatic heterocycles. The summed E-state index contributed by atoms with van der Waals surface area (Å²) in [6, 6.07) is 0. The van der Waals surface area contributed by atoms with E-state index in [0.717, 1.165) is 19.3 Å². The summed E-state index contributed by atoms with van der Waals surface area (Å²) < 4.78 is 0. The molecular weight excluding hydrogens is 188 g/mol. The van der Waals surface area contributed by atoms with Crippen molar-refractivity contribution in [2.45, 2.75) is 59.8 Å². The molecule has 0 spiro atoms. The van der Waals surface area contributed by atoms with E-state index in [-0.39, 0.29) is 23.4 Å². The molecule has 0 rings (SSSR count). The van der Waals surface area contributed by atoms with E-state index >= 15 is 0 Å².